The molecule has 0 aliphatic carbocycles. The quantitative estimate of drug-likeness (QED) is 0.511. The Morgan fingerprint density at radius 1 is 1.43 bits per heavy atom. The van der Waals surface area contributed by atoms with Crippen LogP contribution in [0.15, 0.2) is 24.3 Å². The molecule has 1 fully saturated rings. The van der Waals surface area contributed by atoms with Crippen molar-refractivity contribution in [3.05, 3.63) is 39.9 Å². The van der Waals surface area contributed by atoms with Crippen LogP contribution in [0, 0.1) is 16.0 Å². The molecule has 1 aromatic carbocycles. The van der Waals surface area contributed by atoms with Crippen molar-refractivity contribution in [3.63, 3.8) is 0 Å². The third-order valence-electron chi connectivity index (χ3n) is 4.99. The van der Waals surface area contributed by atoms with Crippen molar-refractivity contribution in [2.75, 3.05) is 46.4 Å². The molecule has 28 heavy (non-hydrogen) atoms. The monoisotopic (exact) mass is 392 g/mol. The van der Waals surface area contributed by atoms with Crippen LogP contribution in [0.1, 0.15) is 32.4 Å². The molecule has 2 rings (SSSR count). The second-order valence-electron chi connectivity index (χ2n) is 7.89. The summed E-state index contributed by atoms with van der Waals surface area (Å²) < 4.78 is 5.76. The molecule has 156 valence electrons. The highest BCUT2D eigenvalue weighted by atomic mass is 16.6. The summed E-state index contributed by atoms with van der Waals surface area (Å²) in [5, 5.41) is 13.9. The van der Waals surface area contributed by atoms with Gasteiger partial charge in [-0.1, -0.05) is 26.0 Å². The molecular weight excluding hydrogens is 360 g/mol. The minimum absolute atomic E-state index is 0.0101. The third-order valence-corrected chi connectivity index (χ3v) is 4.99. The Morgan fingerprint density at radius 2 is 2.18 bits per heavy atom. The molecule has 1 N–H and O–H groups in total. The number of nitrogens with zero attached hydrogens (tertiary/aromatic N) is 3. The van der Waals surface area contributed by atoms with Gasteiger partial charge in [0.2, 0.25) is 5.91 Å². The van der Waals surface area contributed by atoms with E-state index in [2.05, 4.69) is 24.1 Å². The van der Waals surface area contributed by atoms with E-state index in [-0.39, 0.29) is 30.3 Å². The van der Waals surface area contributed by atoms with Crippen molar-refractivity contribution in [3.8, 4) is 0 Å². The maximum Gasteiger partial charge on any atom is 0.269 e. The SMILES string of the molecule is CC(C)CN1CCOC(CNC(=O)CN(C)C(C)c2cccc([N+](=O)[O-])c2)C1. The van der Waals surface area contributed by atoms with Crippen LogP contribution in [0.2, 0.25) is 0 Å². The molecule has 1 saturated heterocycles. The highest BCUT2D eigenvalue weighted by molar-refractivity contribution is 5.78. The zero-order chi connectivity index (χ0) is 20.7. The van der Waals surface area contributed by atoms with Gasteiger partial charge in [-0.3, -0.25) is 24.7 Å². The number of non-ortho nitro benzene ring substituents is 1. The van der Waals surface area contributed by atoms with Gasteiger partial charge in [0.25, 0.3) is 5.69 Å². The van der Waals surface area contributed by atoms with Crippen molar-refractivity contribution in [1.82, 2.24) is 15.1 Å². The predicted octanol–water partition coefficient (Wildman–Crippen LogP) is 2.06. The zero-order valence-electron chi connectivity index (χ0n) is 17.3. The molecule has 1 heterocycles. The summed E-state index contributed by atoms with van der Waals surface area (Å²) in [6, 6.07) is 6.42. The lowest BCUT2D eigenvalue weighted by molar-refractivity contribution is -0.384. The number of ether oxygens (including phenoxy) is 1. The van der Waals surface area contributed by atoms with E-state index < -0.39 is 4.92 Å². The average Bonchev–Trinajstić information content (AvgIpc) is 2.65. The molecule has 1 aromatic rings. The number of benzene rings is 1. The van der Waals surface area contributed by atoms with E-state index >= 15 is 0 Å². The molecule has 0 radical (unpaired) electrons. The smallest absolute Gasteiger partial charge is 0.269 e. The van der Waals surface area contributed by atoms with Gasteiger partial charge < -0.3 is 10.1 Å². The van der Waals surface area contributed by atoms with Crippen molar-refractivity contribution in [1.29, 1.82) is 0 Å². The molecular formula is C20H32N4O4. The first-order valence-electron chi connectivity index (χ1n) is 9.81. The lowest BCUT2D eigenvalue weighted by Gasteiger charge is -2.34. The van der Waals surface area contributed by atoms with Crippen molar-refractivity contribution in [2.45, 2.75) is 32.9 Å². The maximum atomic E-state index is 12.3. The molecule has 1 amide bonds. The number of hydrogen-bond donors (Lipinski definition) is 1. The Hall–Kier alpha value is -2.03. The van der Waals surface area contributed by atoms with Crippen LogP contribution in [0.3, 0.4) is 0 Å². The van der Waals surface area contributed by atoms with Crippen LogP contribution in [0.5, 0.6) is 0 Å². The van der Waals surface area contributed by atoms with E-state index in [4.69, 9.17) is 4.74 Å². The molecule has 0 spiro atoms. The second-order valence-corrected chi connectivity index (χ2v) is 7.89. The molecule has 2 atom stereocenters. The molecule has 0 saturated carbocycles. The molecule has 2 unspecified atom stereocenters. The molecule has 0 bridgehead atoms. The summed E-state index contributed by atoms with van der Waals surface area (Å²) in [4.78, 5) is 27.1. The Labute approximate surface area is 167 Å². The van der Waals surface area contributed by atoms with Gasteiger partial charge in [-0.05, 0) is 25.5 Å². The van der Waals surface area contributed by atoms with Crippen LogP contribution >= 0.6 is 0 Å². The number of amides is 1. The first kappa shape index (κ1) is 22.3. The van der Waals surface area contributed by atoms with Gasteiger partial charge in [-0.15, -0.1) is 0 Å². The lowest BCUT2D eigenvalue weighted by atomic mass is 10.1. The molecule has 0 aromatic heterocycles. The number of rotatable bonds is 9. The Balaban J connectivity index is 1.80. The Bertz CT molecular complexity index is 667. The standard InChI is InChI=1S/C20H32N4O4/c1-15(2)12-23-8-9-28-19(13-23)11-21-20(25)14-22(4)16(3)17-6-5-7-18(10-17)24(26)27/h5-7,10,15-16,19H,8-9,11-14H2,1-4H3,(H,21,25). The second kappa shape index (κ2) is 10.5. The van der Waals surface area contributed by atoms with Crippen LogP contribution in [-0.2, 0) is 9.53 Å². The summed E-state index contributed by atoms with van der Waals surface area (Å²) in [6.07, 6.45) is 0.0101. The van der Waals surface area contributed by atoms with Gasteiger partial charge in [0.05, 0.1) is 24.2 Å². The normalized spacial score (nSPS) is 19.0. The molecule has 1 aliphatic rings. The highest BCUT2D eigenvalue weighted by Gasteiger charge is 2.22. The third kappa shape index (κ3) is 6.85. The number of carbonyl (C=O) groups is 1. The van der Waals surface area contributed by atoms with Gasteiger partial charge >= 0.3 is 0 Å². The molecule has 1 aliphatic heterocycles. The average molecular weight is 393 g/mol. The van der Waals surface area contributed by atoms with Crippen LogP contribution in [0.4, 0.5) is 5.69 Å². The number of nitro benzene ring substituents is 1. The van der Waals surface area contributed by atoms with E-state index in [0.29, 0.717) is 19.1 Å². The number of nitrogens with one attached hydrogen (secondary N) is 1. The van der Waals surface area contributed by atoms with Gasteiger partial charge in [-0.2, -0.15) is 0 Å². The van der Waals surface area contributed by atoms with Gasteiger partial charge in [0.15, 0.2) is 0 Å². The highest BCUT2D eigenvalue weighted by Crippen LogP contribution is 2.22. The van der Waals surface area contributed by atoms with Crippen molar-refractivity contribution in [2.24, 2.45) is 5.92 Å². The van der Waals surface area contributed by atoms with Crippen LogP contribution in [0.25, 0.3) is 0 Å². The summed E-state index contributed by atoms with van der Waals surface area (Å²) in [5.74, 6) is 0.529. The lowest BCUT2D eigenvalue weighted by Crippen LogP contribution is -2.49. The summed E-state index contributed by atoms with van der Waals surface area (Å²) in [6.45, 7) is 10.5. The first-order chi connectivity index (χ1) is 13.3. The number of likely N-dealkylation sites (N-methyl/N-ethyl adjacent to an activating group) is 1. The van der Waals surface area contributed by atoms with E-state index in [1.165, 1.54) is 6.07 Å². The van der Waals surface area contributed by atoms with Gasteiger partial charge in [-0.25, -0.2) is 0 Å². The fraction of sp³-hybridized carbons (Fsp3) is 0.650. The van der Waals surface area contributed by atoms with Gasteiger partial charge in [0, 0.05) is 44.4 Å². The topological polar surface area (TPSA) is 88.0 Å². The minimum atomic E-state index is -0.407. The number of morpholine rings is 1. The summed E-state index contributed by atoms with van der Waals surface area (Å²) >= 11 is 0. The van der Waals surface area contributed by atoms with Gasteiger partial charge in [0.1, 0.15) is 0 Å². The number of hydrogen-bond acceptors (Lipinski definition) is 6. The fourth-order valence-corrected chi connectivity index (χ4v) is 3.39. The molecule has 8 nitrogen and oxygen atoms in total. The van der Waals surface area contributed by atoms with Crippen molar-refractivity contribution >= 4 is 11.6 Å². The Kier molecular flexibility index (Phi) is 8.35. The van der Waals surface area contributed by atoms with Crippen LogP contribution in [-0.4, -0.2) is 73.1 Å². The maximum absolute atomic E-state index is 12.3. The summed E-state index contributed by atoms with van der Waals surface area (Å²) in [7, 11) is 1.84. The van der Waals surface area contributed by atoms with E-state index in [0.717, 1.165) is 25.2 Å². The largest absolute Gasteiger partial charge is 0.374 e. The van der Waals surface area contributed by atoms with E-state index in [9.17, 15) is 14.9 Å². The number of nitro groups is 1. The predicted molar refractivity (Wildman–Crippen MR) is 108 cm³/mol. The van der Waals surface area contributed by atoms with Crippen LogP contribution < -0.4 is 5.32 Å². The van der Waals surface area contributed by atoms with E-state index in [1.807, 2.05) is 24.9 Å². The zero-order valence-corrected chi connectivity index (χ0v) is 17.3. The number of carbonyl (C=O) groups excluding carboxylic acids is 1. The first-order valence-corrected chi connectivity index (χ1v) is 9.81. The van der Waals surface area contributed by atoms with E-state index in [1.54, 1.807) is 12.1 Å². The Morgan fingerprint density at radius 3 is 2.86 bits per heavy atom. The van der Waals surface area contributed by atoms with Crippen molar-refractivity contribution < 1.29 is 14.5 Å². The summed E-state index contributed by atoms with van der Waals surface area (Å²) in [5.41, 5.74) is 0.868. The fourth-order valence-electron chi connectivity index (χ4n) is 3.39. The molecule has 8 heteroatoms. The minimum Gasteiger partial charge on any atom is -0.374 e.